The minimum Gasteiger partial charge on any atom is -0.452 e. The number of nitrogen functional groups attached to an aromatic ring is 1. The van der Waals surface area contributed by atoms with E-state index >= 15 is 0 Å². The average molecular weight is 335 g/mol. The van der Waals surface area contributed by atoms with Gasteiger partial charge in [0.05, 0.1) is 12.3 Å². The van der Waals surface area contributed by atoms with Gasteiger partial charge in [0.15, 0.2) is 11.6 Å². The van der Waals surface area contributed by atoms with Crippen LogP contribution in [-0.4, -0.2) is 34.3 Å². The van der Waals surface area contributed by atoms with E-state index in [0.29, 0.717) is 28.8 Å². The van der Waals surface area contributed by atoms with Crippen molar-refractivity contribution in [3.63, 3.8) is 0 Å². The second-order valence-corrected chi connectivity index (χ2v) is 6.14. The Morgan fingerprint density at radius 3 is 2.70 bits per heavy atom. The molecule has 1 aliphatic carbocycles. The van der Waals surface area contributed by atoms with Crippen LogP contribution in [0.4, 0.5) is 11.8 Å². The lowest BCUT2D eigenvalue weighted by atomic mass is 10.2. The fraction of sp³-hybridized carbons (Fsp3) is 0.375. The zero-order valence-corrected chi connectivity index (χ0v) is 13.6. The van der Waals surface area contributed by atoms with Gasteiger partial charge in [-0.15, -0.1) is 0 Å². The number of nitrogens with two attached hydrogens (primary N) is 1. The molecule has 1 aliphatic rings. The lowest BCUT2D eigenvalue weighted by molar-refractivity contribution is 0.181. The Labute approximate surface area is 139 Å². The molecule has 0 amide bonds. The van der Waals surface area contributed by atoms with E-state index in [-0.39, 0.29) is 18.1 Å². The van der Waals surface area contributed by atoms with E-state index in [0.717, 1.165) is 12.8 Å². The van der Waals surface area contributed by atoms with Gasteiger partial charge >= 0.3 is 0 Å². The molecule has 0 bridgehead atoms. The molecule has 7 heteroatoms. The van der Waals surface area contributed by atoms with E-state index in [1.165, 1.54) is 0 Å². The third-order valence-electron chi connectivity index (χ3n) is 4.06. The number of aromatic nitrogens is 2. The molecule has 0 aliphatic heterocycles. The lowest BCUT2D eigenvalue weighted by Gasteiger charge is -2.27. The summed E-state index contributed by atoms with van der Waals surface area (Å²) in [7, 11) is 1.93. The van der Waals surface area contributed by atoms with Crippen molar-refractivity contribution in [3.05, 3.63) is 35.5 Å². The molecule has 2 aromatic rings. The third-order valence-corrected chi connectivity index (χ3v) is 4.31. The summed E-state index contributed by atoms with van der Waals surface area (Å²) in [6.07, 6.45) is 3.71. The molecule has 1 saturated carbocycles. The van der Waals surface area contributed by atoms with Gasteiger partial charge in [0.1, 0.15) is 5.75 Å². The molecular weight excluding hydrogens is 316 g/mol. The van der Waals surface area contributed by atoms with Gasteiger partial charge in [0.2, 0.25) is 5.95 Å². The topological polar surface area (TPSA) is 84.5 Å². The Balaban J connectivity index is 1.86. The molecule has 0 spiro atoms. The summed E-state index contributed by atoms with van der Waals surface area (Å²) in [5, 5.41) is 10.4. The molecular formula is C16H19ClN4O2. The SMILES string of the molecule is CN(c1nc(N)ncc1Oc1ccc(Cl)cc1)C1CCC(O)C1. The number of aliphatic hydroxyl groups is 1. The van der Waals surface area contributed by atoms with Gasteiger partial charge in [-0.2, -0.15) is 4.98 Å². The Hall–Kier alpha value is -2.05. The van der Waals surface area contributed by atoms with Gasteiger partial charge in [0, 0.05) is 18.1 Å². The van der Waals surface area contributed by atoms with Gasteiger partial charge in [-0.3, -0.25) is 0 Å². The first-order valence-electron chi connectivity index (χ1n) is 7.50. The van der Waals surface area contributed by atoms with Crippen LogP contribution in [0, 0.1) is 0 Å². The molecule has 2 atom stereocenters. The van der Waals surface area contributed by atoms with E-state index in [2.05, 4.69) is 9.97 Å². The zero-order chi connectivity index (χ0) is 16.4. The van der Waals surface area contributed by atoms with Crippen LogP contribution in [0.1, 0.15) is 19.3 Å². The highest BCUT2D eigenvalue weighted by Gasteiger charge is 2.28. The van der Waals surface area contributed by atoms with Gasteiger partial charge in [-0.05, 0) is 43.5 Å². The molecule has 0 radical (unpaired) electrons. The third kappa shape index (κ3) is 3.65. The van der Waals surface area contributed by atoms with Crippen LogP contribution >= 0.6 is 11.6 Å². The van der Waals surface area contributed by atoms with Crippen LogP contribution in [0.3, 0.4) is 0 Å². The quantitative estimate of drug-likeness (QED) is 0.894. The van der Waals surface area contributed by atoms with Crippen LogP contribution < -0.4 is 15.4 Å². The predicted molar refractivity (Wildman–Crippen MR) is 90.0 cm³/mol. The van der Waals surface area contributed by atoms with E-state index in [1.807, 2.05) is 11.9 Å². The molecule has 122 valence electrons. The summed E-state index contributed by atoms with van der Waals surface area (Å²) < 4.78 is 5.88. The minimum absolute atomic E-state index is 0.189. The number of ether oxygens (including phenoxy) is 1. The zero-order valence-electron chi connectivity index (χ0n) is 12.8. The fourth-order valence-corrected chi connectivity index (χ4v) is 2.91. The maximum absolute atomic E-state index is 9.75. The molecule has 1 fully saturated rings. The minimum atomic E-state index is -0.262. The highest BCUT2D eigenvalue weighted by atomic mass is 35.5. The molecule has 0 saturated heterocycles. The second-order valence-electron chi connectivity index (χ2n) is 5.70. The van der Waals surface area contributed by atoms with Gasteiger partial charge in [0.25, 0.3) is 0 Å². The van der Waals surface area contributed by atoms with Crippen LogP contribution in [0.2, 0.25) is 5.02 Å². The van der Waals surface area contributed by atoms with Crippen molar-refractivity contribution in [1.82, 2.24) is 9.97 Å². The Morgan fingerprint density at radius 1 is 1.30 bits per heavy atom. The molecule has 1 aromatic carbocycles. The van der Waals surface area contributed by atoms with Crippen molar-refractivity contribution in [2.45, 2.75) is 31.4 Å². The fourth-order valence-electron chi connectivity index (χ4n) is 2.79. The Bertz CT molecular complexity index is 680. The maximum Gasteiger partial charge on any atom is 0.222 e. The number of rotatable bonds is 4. The normalized spacial score (nSPS) is 20.5. The summed E-state index contributed by atoms with van der Waals surface area (Å²) in [6.45, 7) is 0. The number of halogens is 1. The van der Waals surface area contributed by atoms with E-state index in [9.17, 15) is 5.11 Å². The number of hydrogen-bond donors (Lipinski definition) is 2. The molecule has 6 nitrogen and oxygen atoms in total. The van der Waals surface area contributed by atoms with Crippen molar-refractivity contribution in [2.24, 2.45) is 0 Å². The summed E-state index contributed by atoms with van der Waals surface area (Å²) >= 11 is 5.89. The van der Waals surface area contributed by atoms with Gasteiger partial charge in [-0.25, -0.2) is 4.98 Å². The predicted octanol–water partition coefficient (Wildman–Crippen LogP) is 2.85. The largest absolute Gasteiger partial charge is 0.452 e. The van der Waals surface area contributed by atoms with Crippen molar-refractivity contribution in [1.29, 1.82) is 0 Å². The van der Waals surface area contributed by atoms with Crippen molar-refractivity contribution in [3.8, 4) is 11.5 Å². The first-order valence-corrected chi connectivity index (χ1v) is 7.87. The van der Waals surface area contributed by atoms with Crippen LogP contribution in [0.5, 0.6) is 11.5 Å². The number of nitrogens with zero attached hydrogens (tertiary/aromatic N) is 3. The maximum atomic E-state index is 9.75. The number of hydrogen-bond acceptors (Lipinski definition) is 6. The monoisotopic (exact) mass is 334 g/mol. The van der Waals surface area contributed by atoms with Crippen molar-refractivity contribution >= 4 is 23.4 Å². The Morgan fingerprint density at radius 2 is 2.04 bits per heavy atom. The highest BCUT2D eigenvalue weighted by molar-refractivity contribution is 6.30. The van der Waals surface area contributed by atoms with E-state index in [4.69, 9.17) is 22.1 Å². The van der Waals surface area contributed by atoms with Crippen molar-refractivity contribution < 1.29 is 9.84 Å². The molecule has 1 aromatic heterocycles. The summed E-state index contributed by atoms with van der Waals surface area (Å²) in [5.74, 6) is 1.97. The molecule has 3 rings (SSSR count). The van der Waals surface area contributed by atoms with Crippen LogP contribution in [0.25, 0.3) is 0 Å². The molecule has 23 heavy (non-hydrogen) atoms. The second kappa shape index (κ2) is 6.60. The Kier molecular flexibility index (Phi) is 4.54. The highest BCUT2D eigenvalue weighted by Crippen LogP contribution is 2.34. The van der Waals surface area contributed by atoms with Crippen molar-refractivity contribution in [2.75, 3.05) is 17.7 Å². The molecule has 2 unspecified atom stereocenters. The number of benzene rings is 1. The summed E-state index contributed by atoms with van der Waals surface area (Å²) in [4.78, 5) is 10.3. The first kappa shape index (κ1) is 15.8. The number of anilines is 2. The van der Waals surface area contributed by atoms with Gasteiger partial charge < -0.3 is 20.5 Å². The standard InChI is InChI=1S/C16H19ClN4O2/c1-21(11-4-5-12(22)8-11)15-14(9-19-16(18)20-15)23-13-6-2-10(17)3-7-13/h2-3,6-7,9,11-12,22H,4-5,8H2,1H3,(H2,18,19,20). The summed E-state index contributed by atoms with van der Waals surface area (Å²) in [5.41, 5.74) is 5.73. The summed E-state index contributed by atoms with van der Waals surface area (Å²) in [6, 6.07) is 7.27. The van der Waals surface area contributed by atoms with E-state index in [1.54, 1.807) is 30.5 Å². The first-order chi connectivity index (χ1) is 11.0. The van der Waals surface area contributed by atoms with Crippen LogP contribution in [-0.2, 0) is 0 Å². The molecule has 1 heterocycles. The average Bonchev–Trinajstić information content (AvgIpc) is 2.97. The van der Waals surface area contributed by atoms with Gasteiger partial charge in [-0.1, -0.05) is 11.6 Å². The lowest BCUT2D eigenvalue weighted by Crippen LogP contribution is -2.31. The smallest absolute Gasteiger partial charge is 0.222 e. The van der Waals surface area contributed by atoms with E-state index < -0.39 is 0 Å². The van der Waals surface area contributed by atoms with Crippen LogP contribution in [0.15, 0.2) is 30.5 Å². The molecule has 3 N–H and O–H groups in total. The number of aliphatic hydroxyl groups excluding tert-OH is 1.